The zero-order valence-electron chi connectivity index (χ0n) is 22.1. The van der Waals surface area contributed by atoms with Crippen LogP contribution in [0.2, 0.25) is 5.02 Å². The van der Waals surface area contributed by atoms with Crippen molar-refractivity contribution in [2.24, 2.45) is 0 Å². The number of ether oxygens (including phenoxy) is 1. The summed E-state index contributed by atoms with van der Waals surface area (Å²) in [6, 6.07) is 24.9. The van der Waals surface area contributed by atoms with E-state index in [-0.39, 0.29) is 21.8 Å². The molecule has 1 heterocycles. The second kappa shape index (κ2) is 11.6. The van der Waals surface area contributed by atoms with Crippen molar-refractivity contribution in [3.63, 3.8) is 0 Å². The van der Waals surface area contributed by atoms with Gasteiger partial charge in [0.2, 0.25) is 0 Å². The molecule has 0 radical (unpaired) electrons. The number of amides is 1. The number of fused-ring (bicyclic) bond motifs is 1. The normalized spacial score (nSPS) is 10.8. The van der Waals surface area contributed by atoms with Crippen molar-refractivity contribution < 1.29 is 24.2 Å². The Balaban J connectivity index is 1.39. The Hall–Kier alpha value is -5.08. The number of hydrogen-bond acceptors (Lipinski definition) is 6. The maximum absolute atomic E-state index is 12.8. The fraction of sp³-hybridized carbons (Fsp3) is 0.0938. The zero-order valence-corrected chi connectivity index (χ0v) is 22.9. The zero-order chi connectivity index (χ0) is 29.1. The van der Waals surface area contributed by atoms with Crippen LogP contribution in [-0.4, -0.2) is 39.5 Å². The smallest absolute Gasteiger partial charge is 0.338 e. The van der Waals surface area contributed by atoms with Crippen LogP contribution in [0, 0.1) is 13.8 Å². The highest BCUT2D eigenvalue weighted by Crippen LogP contribution is 2.31. The van der Waals surface area contributed by atoms with Crippen molar-refractivity contribution in [2.75, 3.05) is 11.9 Å². The van der Waals surface area contributed by atoms with E-state index in [1.54, 1.807) is 18.2 Å². The number of aromatic carboxylic acids is 1. The van der Waals surface area contributed by atoms with E-state index in [0.717, 1.165) is 27.9 Å². The molecule has 0 unspecified atom stereocenters. The van der Waals surface area contributed by atoms with Gasteiger partial charge in [0.25, 0.3) is 5.91 Å². The van der Waals surface area contributed by atoms with Gasteiger partial charge in [0, 0.05) is 16.8 Å². The molecule has 1 amide bonds. The number of carboxylic acid groups (broad SMARTS) is 1. The Bertz CT molecular complexity index is 1800. The lowest BCUT2D eigenvalue weighted by Crippen LogP contribution is -2.21. The van der Waals surface area contributed by atoms with Gasteiger partial charge < -0.3 is 15.2 Å². The molecule has 0 atom stereocenters. The number of nitrogens with zero attached hydrogens (tertiary/aromatic N) is 2. The maximum atomic E-state index is 12.8. The molecular formula is C32H24ClN3O5. The number of carboxylic acids is 1. The van der Waals surface area contributed by atoms with Crippen molar-refractivity contribution >= 4 is 46.2 Å². The fourth-order valence-corrected chi connectivity index (χ4v) is 4.38. The minimum atomic E-state index is -1.23. The van der Waals surface area contributed by atoms with Gasteiger partial charge in [-0.25, -0.2) is 19.6 Å². The number of anilines is 1. The van der Waals surface area contributed by atoms with Gasteiger partial charge in [-0.3, -0.25) is 4.79 Å². The summed E-state index contributed by atoms with van der Waals surface area (Å²) in [5, 5.41) is 11.7. The SMILES string of the molecule is Cc1ccc(-c2nc3ccc(C(=O)OCC(=O)Nc4ccc(Cl)c(C(=O)O)c4)cc3nc2-c2ccc(C)cc2)cc1. The molecule has 41 heavy (non-hydrogen) atoms. The molecule has 0 spiro atoms. The Morgan fingerprint density at radius 1 is 0.780 bits per heavy atom. The average Bonchev–Trinajstić information content (AvgIpc) is 2.96. The highest BCUT2D eigenvalue weighted by Gasteiger charge is 2.17. The summed E-state index contributed by atoms with van der Waals surface area (Å²) in [6.45, 7) is 3.46. The third kappa shape index (κ3) is 6.23. The second-order valence-corrected chi connectivity index (χ2v) is 9.89. The maximum Gasteiger partial charge on any atom is 0.338 e. The first kappa shape index (κ1) is 27.5. The van der Waals surface area contributed by atoms with Crippen LogP contribution in [0.1, 0.15) is 31.8 Å². The first-order valence-corrected chi connectivity index (χ1v) is 13.0. The lowest BCUT2D eigenvalue weighted by atomic mass is 10.0. The Labute approximate surface area is 240 Å². The number of benzene rings is 4. The molecule has 0 fully saturated rings. The average molecular weight is 566 g/mol. The van der Waals surface area contributed by atoms with Gasteiger partial charge >= 0.3 is 11.9 Å². The van der Waals surface area contributed by atoms with E-state index in [2.05, 4.69) is 5.32 Å². The molecule has 0 saturated heterocycles. The molecule has 0 bridgehead atoms. The molecule has 4 aromatic carbocycles. The van der Waals surface area contributed by atoms with E-state index in [1.165, 1.54) is 18.2 Å². The van der Waals surface area contributed by atoms with Crippen molar-refractivity contribution in [1.29, 1.82) is 0 Å². The number of carbonyl (C=O) groups excluding carboxylic acids is 2. The number of rotatable bonds is 7. The Morgan fingerprint density at radius 3 is 1.95 bits per heavy atom. The molecule has 204 valence electrons. The van der Waals surface area contributed by atoms with Gasteiger partial charge in [-0.15, -0.1) is 0 Å². The molecule has 0 aliphatic carbocycles. The van der Waals surface area contributed by atoms with Crippen molar-refractivity contribution in [3.05, 3.63) is 112 Å². The second-order valence-electron chi connectivity index (χ2n) is 9.48. The van der Waals surface area contributed by atoms with Crippen molar-refractivity contribution in [3.8, 4) is 22.5 Å². The van der Waals surface area contributed by atoms with Gasteiger partial charge in [0.15, 0.2) is 6.61 Å². The molecule has 8 nitrogen and oxygen atoms in total. The minimum Gasteiger partial charge on any atom is -0.478 e. The third-order valence-electron chi connectivity index (χ3n) is 6.36. The highest BCUT2D eigenvalue weighted by atomic mass is 35.5. The summed E-state index contributed by atoms with van der Waals surface area (Å²) in [7, 11) is 0. The van der Waals surface area contributed by atoms with E-state index in [0.29, 0.717) is 16.7 Å². The Morgan fingerprint density at radius 2 is 1.37 bits per heavy atom. The predicted octanol–water partition coefficient (Wildman–Crippen LogP) is 6.73. The molecule has 5 rings (SSSR count). The number of esters is 1. The van der Waals surface area contributed by atoms with E-state index in [4.69, 9.17) is 26.3 Å². The van der Waals surface area contributed by atoms with E-state index < -0.39 is 24.5 Å². The van der Waals surface area contributed by atoms with Crippen LogP contribution in [0.3, 0.4) is 0 Å². The topological polar surface area (TPSA) is 118 Å². The first-order chi connectivity index (χ1) is 19.7. The molecule has 0 aliphatic heterocycles. The molecular weight excluding hydrogens is 542 g/mol. The van der Waals surface area contributed by atoms with Crippen molar-refractivity contribution in [2.45, 2.75) is 13.8 Å². The third-order valence-corrected chi connectivity index (χ3v) is 6.69. The number of nitrogens with one attached hydrogen (secondary N) is 1. The lowest BCUT2D eigenvalue weighted by molar-refractivity contribution is -0.119. The number of aromatic nitrogens is 2. The van der Waals surface area contributed by atoms with Crippen LogP contribution in [0.15, 0.2) is 84.9 Å². The molecule has 9 heteroatoms. The lowest BCUT2D eigenvalue weighted by Gasteiger charge is -2.12. The van der Waals surface area contributed by atoms with E-state index in [9.17, 15) is 19.5 Å². The number of carbonyl (C=O) groups is 3. The number of hydrogen-bond donors (Lipinski definition) is 2. The largest absolute Gasteiger partial charge is 0.478 e. The molecule has 0 aliphatic rings. The van der Waals surface area contributed by atoms with Crippen LogP contribution in [-0.2, 0) is 9.53 Å². The summed E-state index contributed by atoms with van der Waals surface area (Å²) in [5.41, 5.74) is 6.82. The molecule has 0 saturated carbocycles. The van der Waals surface area contributed by atoms with E-state index >= 15 is 0 Å². The summed E-state index contributed by atoms with van der Waals surface area (Å²) in [5.74, 6) is -2.58. The minimum absolute atomic E-state index is 0.0397. The molecule has 2 N–H and O–H groups in total. The predicted molar refractivity (Wildman–Crippen MR) is 157 cm³/mol. The van der Waals surface area contributed by atoms with Gasteiger partial charge in [0.1, 0.15) is 0 Å². The van der Waals surface area contributed by atoms with Crippen LogP contribution in [0.4, 0.5) is 5.69 Å². The van der Waals surface area contributed by atoms with Crippen molar-refractivity contribution in [1.82, 2.24) is 9.97 Å². The van der Waals surface area contributed by atoms with Gasteiger partial charge in [-0.1, -0.05) is 71.3 Å². The quantitative estimate of drug-likeness (QED) is 0.210. The standard InChI is InChI=1S/C32H24ClN3O5/c1-18-3-7-20(8-4-18)29-30(21-9-5-19(2)6-10-21)36-27-15-22(11-14-26(27)35-29)32(40)41-17-28(37)34-23-12-13-25(33)24(16-23)31(38)39/h3-16H,17H2,1-2H3,(H,34,37)(H,38,39). The Kier molecular flexibility index (Phi) is 7.76. The van der Waals surface area contributed by atoms with Crippen LogP contribution >= 0.6 is 11.6 Å². The van der Waals surface area contributed by atoms with Crippen LogP contribution in [0.5, 0.6) is 0 Å². The first-order valence-electron chi connectivity index (χ1n) is 12.6. The summed E-state index contributed by atoms with van der Waals surface area (Å²) >= 11 is 5.86. The molecule has 5 aromatic rings. The summed E-state index contributed by atoms with van der Waals surface area (Å²) in [6.07, 6.45) is 0. The number of aryl methyl sites for hydroxylation is 2. The van der Waals surface area contributed by atoms with Gasteiger partial charge in [0.05, 0.1) is 38.6 Å². The summed E-state index contributed by atoms with van der Waals surface area (Å²) in [4.78, 5) is 46.2. The highest BCUT2D eigenvalue weighted by molar-refractivity contribution is 6.33. The fourth-order valence-electron chi connectivity index (χ4n) is 4.19. The monoisotopic (exact) mass is 565 g/mol. The van der Waals surface area contributed by atoms with Gasteiger partial charge in [-0.2, -0.15) is 0 Å². The molecule has 1 aromatic heterocycles. The number of halogens is 1. The van der Waals surface area contributed by atoms with Gasteiger partial charge in [-0.05, 0) is 50.2 Å². The van der Waals surface area contributed by atoms with Crippen LogP contribution in [0.25, 0.3) is 33.5 Å². The summed E-state index contributed by atoms with van der Waals surface area (Å²) < 4.78 is 5.20. The van der Waals surface area contributed by atoms with E-state index in [1.807, 2.05) is 62.4 Å². The van der Waals surface area contributed by atoms with Crippen LogP contribution < -0.4 is 5.32 Å².